The van der Waals surface area contributed by atoms with E-state index in [1.165, 1.54) is 6.07 Å². The first-order chi connectivity index (χ1) is 14.5. The molecule has 9 nitrogen and oxygen atoms in total. The lowest BCUT2D eigenvalue weighted by atomic mass is 9.97. The number of aromatic nitrogens is 1. The second-order valence-electron chi connectivity index (χ2n) is 7.57. The molecule has 1 fully saturated rings. The lowest BCUT2D eigenvalue weighted by Crippen LogP contribution is -2.41. The van der Waals surface area contributed by atoms with Gasteiger partial charge >= 0.3 is 0 Å². The van der Waals surface area contributed by atoms with Crippen LogP contribution in [0.5, 0.6) is 11.5 Å². The topological polar surface area (TPSA) is 127 Å². The molecule has 2 aliphatic heterocycles. The molecule has 0 aliphatic carbocycles. The van der Waals surface area contributed by atoms with Crippen molar-refractivity contribution in [1.82, 2.24) is 15.2 Å². The first kappa shape index (κ1) is 20.0. The molecule has 158 valence electrons. The number of hydrogen-bond donors (Lipinski definition) is 3. The van der Waals surface area contributed by atoms with E-state index in [4.69, 9.17) is 15.2 Å². The lowest BCUT2D eigenvalue weighted by Gasteiger charge is -2.30. The molecule has 3 heterocycles. The highest BCUT2D eigenvalue weighted by Gasteiger charge is 2.24. The fraction of sp³-hybridized carbons (Fsp3) is 0.381. The third-order valence-corrected chi connectivity index (χ3v) is 5.41. The van der Waals surface area contributed by atoms with E-state index in [-0.39, 0.29) is 30.7 Å². The lowest BCUT2D eigenvalue weighted by molar-refractivity contribution is -0.123. The van der Waals surface area contributed by atoms with E-state index in [0.717, 1.165) is 24.9 Å². The Morgan fingerprint density at radius 3 is 2.83 bits per heavy atom. The third-order valence-electron chi connectivity index (χ3n) is 5.41. The molecular formula is C21H24N4O5. The van der Waals surface area contributed by atoms with Crippen molar-refractivity contribution in [3.63, 3.8) is 0 Å². The highest BCUT2D eigenvalue weighted by molar-refractivity contribution is 5.93. The smallest absolute Gasteiger partial charge is 0.261 e. The maximum atomic E-state index is 12.4. The number of primary amides is 1. The van der Waals surface area contributed by atoms with Crippen molar-refractivity contribution in [3.8, 4) is 11.5 Å². The summed E-state index contributed by atoms with van der Waals surface area (Å²) in [6.45, 7) is 2.36. The SMILES string of the molecule is NC(=O)C1CCCN(Cc2ccc(C(=O)NCc3ccc4c(c3)OCO4)c(=O)[nH]2)C1. The summed E-state index contributed by atoms with van der Waals surface area (Å²) in [4.78, 5) is 41.1. The average Bonchev–Trinajstić information content (AvgIpc) is 3.20. The average molecular weight is 412 g/mol. The summed E-state index contributed by atoms with van der Waals surface area (Å²) in [5.74, 6) is 0.412. The fourth-order valence-corrected chi connectivity index (χ4v) is 3.79. The number of fused-ring (bicyclic) bond motifs is 1. The van der Waals surface area contributed by atoms with Gasteiger partial charge in [-0.2, -0.15) is 0 Å². The monoisotopic (exact) mass is 412 g/mol. The first-order valence-electron chi connectivity index (χ1n) is 9.90. The van der Waals surface area contributed by atoms with Gasteiger partial charge in [0.15, 0.2) is 11.5 Å². The van der Waals surface area contributed by atoms with E-state index < -0.39 is 11.5 Å². The van der Waals surface area contributed by atoms with Gasteiger partial charge in [-0.05, 0) is 49.2 Å². The van der Waals surface area contributed by atoms with Gasteiger partial charge in [0.2, 0.25) is 12.7 Å². The number of nitrogens with two attached hydrogens (primary N) is 1. The number of amides is 2. The summed E-state index contributed by atoms with van der Waals surface area (Å²) in [7, 11) is 0. The molecule has 0 saturated carbocycles. The Hall–Kier alpha value is -3.33. The van der Waals surface area contributed by atoms with E-state index in [2.05, 4.69) is 15.2 Å². The zero-order valence-electron chi connectivity index (χ0n) is 16.5. The number of H-pyrrole nitrogens is 1. The molecule has 0 radical (unpaired) electrons. The Morgan fingerprint density at radius 2 is 2.03 bits per heavy atom. The van der Waals surface area contributed by atoms with Crippen molar-refractivity contribution in [2.45, 2.75) is 25.9 Å². The van der Waals surface area contributed by atoms with Crippen LogP contribution in [-0.4, -0.2) is 41.6 Å². The number of nitrogens with zero attached hydrogens (tertiary/aromatic N) is 1. The third kappa shape index (κ3) is 4.46. The molecule has 1 saturated heterocycles. The zero-order valence-corrected chi connectivity index (χ0v) is 16.5. The van der Waals surface area contributed by atoms with Crippen molar-refractivity contribution in [2.75, 3.05) is 19.9 Å². The molecule has 2 aliphatic rings. The molecule has 9 heteroatoms. The Balaban J connectivity index is 1.36. The number of piperidine rings is 1. The quantitative estimate of drug-likeness (QED) is 0.642. The molecule has 4 N–H and O–H groups in total. The van der Waals surface area contributed by atoms with Crippen molar-refractivity contribution in [2.24, 2.45) is 11.7 Å². The molecule has 30 heavy (non-hydrogen) atoms. The Kier molecular flexibility index (Phi) is 5.71. The zero-order chi connectivity index (χ0) is 21.1. The maximum Gasteiger partial charge on any atom is 0.261 e. The van der Waals surface area contributed by atoms with Crippen LogP contribution in [0.15, 0.2) is 35.1 Å². The second kappa shape index (κ2) is 8.58. The Labute approximate surface area is 173 Å². The Morgan fingerprint density at radius 1 is 1.20 bits per heavy atom. The van der Waals surface area contributed by atoms with Gasteiger partial charge in [-0.3, -0.25) is 19.3 Å². The van der Waals surface area contributed by atoms with Gasteiger partial charge in [0.05, 0.1) is 5.92 Å². The van der Waals surface area contributed by atoms with E-state index >= 15 is 0 Å². The molecule has 4 rings (SSSR count). The summed E-state index contributed by atoms with van der Waals surface area (Å²) < 4.78 is 10.6. The Bertz CT molecular complexity index is 1020. The van der Waals surface area contributed by atoms with Crippen LogP contribution in [0.4, 0.5) is 0 Å². The molecule has 1 aromatic carbocycles. The highest BCUT2D eigenvalue weighted by atomic mass is 16.7. The summed E-state index contributed by atoms with van der Waals surface area (Å²) in [6, 6.07) is 8.67. The van der Waals surface area contributed by atoms with Gasteiger partial charge in [-0.25, -0.2) is 0 Å². The number of benzene rings is 1. The minimum absolute atomic E-state index is 0.0492. The normalized spacial score (nSPS) is 18.2. The predicted molar refractivity (Wildman–Crippen MR) is 108 cm³/mol. The first-order valence-corrected chi connectivity index (χ1v) is 9.90. The second-order valence-corrected chi connectivity index (χ2v) is 7.57. The summed E-state index contributed by atoms with van der Waals surface area (Å²) in [5.41, 5.74) is 6.55. The number of ether oxygens (including phenoxy) is 2. The predicted octanol–water partition coefficient (Wildman–Crippen LogP) is 0.731. The van der Waals surface area contributed by atoms with Crippen LogP contribution in [0.1, 0.15) is 34.5 Å². The summed E-state index contributed by atoms with van der Waals surface area (Å²) in [6.07, 6.45) is 1.68. The number of nitrogens with one attached hydrogen (secondary N) is 2. The standard InChI is InChI=1S/C21H24N4O5/c22-19(26)14-2-1-7-25(10-14)11-15-4-5-16(21(28)24-15)20(27)23-9-13-3-6-17-18(8-13)30-12-29-17/h3-6,8,14H,1-2,7,9-12H2,(H2,22,26)(H,23,27)(H,24,28). The molecule has 1 unspecified atom stereocenters. The van der Waals surface area contributed by atoms with Crippen molar-refractivity contribution >= 4 is 11.8 Å². The van der Waals surface area contributed by atoms with Crippen molar-refractivity contribution in [3.05, 3.63) is 57.5 Å². The summed E-state index contributed by atoms with van der Waals surface area (Å²) >= 11 is 0. The van der Waals surface area contributed by atoms with E-state index in [1.54, 1.807) is 18.2 Å². The summed E-state index contributed by atoms with van der Waals surface area (Å²) in [5, 5.41) is 2.75. The van der Waals surface area contributed by atoms with Gasteiger partial charge in [0, 0.05) is 25.3 Å². The largest absolute Gasteiger partial charge is 0.454 e. The van der Waals surface area contributed by atoms with Crippen LogP contribution >= 0.6 is 0 Å². The van der Waals surface area contributed by atoms with Gasteiger partial charge in [-0.1, -0.05) is 6.07 Å². The van der Waals surface area contributed by atoms with Crippen molar-refractivity contribution in [1.29, 1.82) is 0 Å². The number of hydrogen-bond acceptors (Lipinski definition) is 6. The van der Waals surface area contributed by atoms with Crippen molar-refractivity contribution < 1.29 is 19.1 Å². The fourth-order valence-electron chi connectivity index (χ4n) is 3.79. The van der Waals surface area contributed by atoms with Gasteiger partial charge in [0.1, 0.15) is 5.56 Å². The van der Waals surface area contributed by atoms with Crippen LogP contribution in [0.25, 0.3) is 0 Å². The van der Waals surface area contributed by atoms with Crippen LogP contribution in [0, 0.1) is 5.92 Å². The van der Waals surface area contributed by atoms with Gasteiger partial charge < -0.3 is 25.5 Å². The molecule has 1 aromatic heterocycles. The minimum atomic E-state index is -0.452. The number of pyridine rings is 1. The van der Waals surface area contributed by atoms with Crippen LogP contribution in [0.2, 0.25) is 0 Å². The minimum Gasteiger partial charge on any atom is -0.454 e. The molecule has 1 atom stereocenters. The number of aromatic amines is 1. The number of rotatable bonds is 6. The molecule has 2 aromatic rings. The van der Waals surface area contributed by atoms with Crippen LogP contribution in [0.3, 0.4) is 0 Å². The maximum absolute atomic E-state index is 12.4. The van der Waals surface area contributed by atoms with E-state index in [0.29, 0.717) is 30.3 Å². The van der Waals surface area contributed by atoms with Gasteiger partial charge in [0.25, 0.3) is 11.5 Å². The van der Waals surface area contributed by atoms with Gasteiger partial charge in [-0.15, -0.1) is 0 Å². The highest BCUT2D eigenvalue weighted by Crippen LogP contribution is 2.32. The number of carbonyl (C=O) groups excluding carboxylic acids is 2. The molecule has 0 spiro atoms. The number of likely N-dealkylation sites (tertiary alicyclic amines) is 1. The van der Waals surface area contributed by atoms with E-state index in [1.807, 2.05) is 6.07 Å². The molecular weight excluding hydrogens is 388 g/mol. The van der Waals surface area contributed by atoms with Crippen LogP contribution in [-0.2, 0) is 17.9 Å². The van der Waals surface area contributed by atoms with E-state index in [9.17, 15) is 14.4 Å². The van der Waals surface area contributed by atoms with Crippen LogP contribution < -0.4 is 26.1 Å². The molecule has 0 bridgehead atoms. The number of carbonyl (C=O) groups is 2. The molecule has 2 amide bonds.